The first-order chi connectivity index (χ1) is 6.18. The Hall–Kier alpha value is -0.660. The molecule has 0 spiro atoms. The predicted octanol–water partition coefficient (Wildman–Crippen LogP) is -0.740. The number of amides is 1. The highest BCUT2D eigenvalue weighted by Crippen LogP contribution is 2.19. The zero-order valence-electron chi connectivity index (χ0n) is 6.88. The van der Waals surface area contributed by atoms with Gasteiger partial charge in [-0.2, -0.15) is 4.31 Å². The summed E-state index contributed by atoms with van der Waals surface area (Å²) in [7, 11) is 0. The number of rotatable bonds is 0. The van der Waals surface area contributed by atoms with Crippen LogP contribution in [0.4, 0.5) is 4.79 Å². The van der Waals surface area contributed by atoms with Crippen LogP contribution >= 0.6 is 0 Å². The average molecular weight is 206 g/mol. The van der Waals surface area contributed by atoms with E-state index in [1.165, 1.54) is 4.90 Å². The number of hydrogen-bond acceptors (Lipinski definition) is 3. The summed E-state index contributed by atoms with van der Waals surface area (Å²) < 4.78 is 17.7. The van der Waals surface area contributed by atoms with Gasteiger partial charge in [-0.3, -0.25) is 4.18 Å². The highest BCUT2D eigenvalue weighted by molar-refractivity contribution is 7.78. The van der Waals surface area contributed by atoms with Gasteiger partial charge in [-0.05, 0) is 0 Å². The van der Waals surface area contributed by atoms with Crippen molar-refractivity contribution in [1.82, 2.24) is 9.21 Å². The lowest BCUT2D eigenvalue weighted by molar-refractivity contribution is 0.109. The molecule has 2 atom stereocenters. The highest BCUT2D eigenvalue weighted by Gasteiger charge is 2.38. The van der Waals surface area contributed by atoms with E-state index in [1.54, 1.807) is 4.31 Å². The normalized spacial score (nSPS) is 34.6. The first-order valence-corrected chi connectivity index (χ1v) is 5.01. The third-order valence-electron chi connectivity index (χ3n) is 2.25. The number of carbonyl (C=O) groups is 1. The molecule has 0 aromatic rings. The molecule has 2 fully saturated rings. The Bertz CT molecular complexity index is 259. The molecule has 0 aromatic carbocycles. The molecule has 2 rings (SSSR count). The van der Waals surface area contributed by atoms with Gasteiger partial charge < -0.3 is 10.0 Å². The lowest BCUT2D eigenvalue weighted by atomic mass is 10.2. The topological polar surface area (TPSA) is 70.1 Å². The van der Waals surface area contributed by atoms with E-state index >= 15 is 0 Å². The molecular weight excluding hydrogens is 196 g/mol. The molecule has 1 unspecified atom stereocenters. The Morgan fingerprint density at radius 3 is 3.00 bits per heavy atom. The molecule has 7 heteroatoms. The number of nitrogens with zero attached hydrogens (tertiary/aromatic N) is 2. The molecule has 0 aromatic heterocycles. The van der Waals surface area contributed by atoms with Crippen LogP contribution in [-0.2, 0) is 15.4 Å². The quantitative estimate of drug-likeness (QED) is 0.566. The van der Waals surface area contributed by atoms with Crippen LogP contribution in [0.5, 0.6) is 0 Å². The van der Waals surface area contributed by atoms with Crippen molar-refractivity contribution in [3.63, 3.8) is 0 Å². The summed E-state index contributed by atoms with van der Waals surface area (Å²) in [5.41, 5.74) is 0. The van der Waals surface area contributed by atoms with Crippen LogP contribution < -0.4 is 0 Å². The lowest BCUT2D eigenvalue weighted by Gasteiger charge is -2.32. The summed E-state index contributed by atoms with van der Waals surface area (Å²) in [5.74, 6) is 0. The minimum Gasteiger partial charge on any atom is -0.465 e. The van der Waals surface area contributed by atoms with Gasteiger partial charge in [0.2, 0.25) is 11.3 Å². The summed E-state index contributed by atoms with van der Waals surface area (Å²) in [6.07, 6.45) is -0.919. The van der Waals surface area contributed by atoms with E-state index in [0.717, 1.165) is 0 Å². The summed E-state index contributed by atoms with van der Waals surface area (Å²) in [6, 6.07) is -0.0364. The van der Waals surface area contributed by atoms with Crippen molar-refractivity contribution >= 4 is 17.4 Å². The lowest BCUT2D eigenvalue weighted by Crippen LogP contribution is -2.52. The molecular formula is C6H10N2O4S. The van der Waals surface area contributed by atoms with Crippen LogP contribution in [0.3, 0.4) is 0 Å². The van der Waals surface area contributed by atoms with Gasteiger partial charge >= 0.3 is 6.09 Å². The third kappa shape index (κ3) is 1.54. The van der Waals surface area contributed by atoms with Gasteiger partial charge in [0.1, 0.15) is 0 Å². The van der Waals surface area contributed by atoms with Gasteiger partial charge in [-0.15, -0.1) is 0 Å². The van der Waals surface area contributed by atoms with Crippen molar-refractivity contribution in [1.29, 1.82) is 0 Å². The smallest absolute Gasteiger partial charge is 0.407 e. The molecule has 0 aliphatic carbocycles. The molecule has 0 bridgehead atoms. The van der Waals surface area contributed by atoms with Crippen molar-refractivity contribution in [2.45, 2.75) is 6.04 Å². The van der Waals surface area contributed by atoms with E-state index in [4.69, 9.17) is 9.29 Å². The fraction of sp³-hybridized carbons (Fsp3) is 0.833. The second-order valence-electron chi connectivity index (χ2n) is 3.02. The summed E-state index contributed by atoms with van der Waals surface area (Å²) in [6.45, 7) is 1.64. The molecule has 13 heavy (non-hydrogen) atoms. The monoisotopic (exact) mass is 206 g/mol. The molecule has 2 aliphatic heterocycles. The Balaban J connectivity index is 2.03. The minimum absolute atomic E-state index is 0.0364. The van der Waals surface area contributed by atoms with E-state index in [0.29, 0.717) is 26.2 Å². The fourth-order valence-corrected chi connectivity index (χ4v) is 2.56. The van der Waals surface area contributed by atoms with Gasteiger partial charge in [-0.25, -0.2) is 9.00 Å². The second kappa shape index (κ2) is 3.24. The molecule has 0 radical (unpaired) electrons. The summed E-state index contributed by atoms with van der Waals surface area (Å²) in [5, 5.41) is 8.71. The zero-order valence-corrected chi connectivity index (χ0v) is 7.70. The fourth-order valence-electron chi connectivity index (χ4n) is 1.55. The van der Waals surface area contributed by atoms with Crippen molar-refractivity contribution in [3.05, 3.63) is 0 Å². The number of carboxylic acid groups (broad SMARTS) is 1. The van der Waals surface area contributed by atoms with Crippen LogP contribution in [-0.4, -0.2) is 56.9 Å². The van der Waals surface area contributed by atoms with E-state index in [1.807, 2.05) is 0 Å². The minimum atomic E-state index is -1.35. The maximum absolute atomic E-state index is 11.1. The molecule has 2 heterocycles. The van der Waals surface area contributed by atoms with Gasteiger partial charge in [0, 0.05) is 19.6 Å². The number of piperazine rings is 1. The Labute approximate surface area is 77.9 Å². The Morgan fingerprint density at radius 1 is 1.54 bits per heavy atom. The van der Waals surface area contributed by atoms with E-state index in [-0.39, 0.29) is 6.04 Å². The Morgan fingerprint density at radius 2 is 2.31 bits per heavy atom. The standard InChI is InChI=1S/C6H10N2O4S/c9-6(10)7-1-2-8-5(3-7)4-12-13(8)11/h5H,1-4H2,(H,9,10)/t5-,13?/m0/s1. The molecule has 2 saturated heterocycles. The van der Waals surface area contributed by atoms with Crippen LogP contribution in [0.2, 0.25) is 0 Å². The van der Waals surface area contributed by atoms with E-state index in [9.17, 15) is 9.00 Å². The van der Waals surface area contributed by atoms with Crippen molar-refractivity contribution in [2.75, 3.05) is 26.2 Å². The van der Waals surface area contributed by atoms with E-state index in [2.05, 4.69) is 0 Å². The third-order valence-corrected chi connectivity index (χ3v) is 3.45. The molecule has 6 nitrogen and oxygen atoms in total. The van der Waals surface area contributed by atoms with Gasteiger partial charge in [-0.1, -0.05) is 0 Å². The van der Waals surface area contributed by atoms with E-state index < -0.39 is 17.4 Å². The average Bonchev–Trinajstić information content (AvgIpc) is 2.47. The molecule has 74 valence electrons. The van der Waals surface area contributed by atoms with Gasteiger partial charge in [0.05, 0.1) is 12.6 Å². The van der Waals surface area contributed by atoms with Crippen molar-refractivity contribution < 1.29 is 18.3 Å². The first-order valence-electron chi connectivity index (χ1n) is 3.98. The largest absolute Gasteiger partial charge is 0.465 e. The van der Waals surface area contributed by atoms with Crippen LogP contribution in [0.1, 0.15) is 0 Å². The van der Waals surface area contributed by atoms with Crippen molar-refractivity contribution in [3.8, 4) is 0 Å². The first kappa shape index (κ1) is 8.92. The number of fused-ring (bicyclic) bond motifs is 1. The zero-order chi connectivity index (χ0) is 9.42. The summed E-state index contributed by atoms with van der Waals surface area (Å²) in [4.78, 5) is 11.9. The Kier molecular flexibility index (Phi) is 2.22. The summed E-state index contributed by atoms with van der Waals surface area (Å²) >= 11 is -1.35. The molecule has 2 aliphatic rings. The molecule has 1 amide bonds. The second-order valence-corrected chi connectivity index (χ2v) is 4.16. The maximum atomic E-state index is 11.1. The van der Waals surface area contributed by atoms with Crippen LogP contribution in [0.15, 0.2) is 0 Å². The van der Waals surface area contributed by atoms with Crippen molar-refractivity contribution in [2.24, 2.45) is 0 Å². The highest BCUT2D eigenvalue weighted by atomic mass is 32.2. The van der Waals surface area contributed by atoms with Crippen LogP contribution in [0, 0.1) is 0 Å². The van der Waals surface area contributed by atoms with Gasteiger partial charge in [0.15, 0.2) is 0 Å². The molecule has 1 N–H and O–H groups in total. The molecule has 0 saturated carbocycles. The van der Waals surface area contributed by atoms with Crippen LogP contribution in [0.25, 0.3) is 0 Å². The SMILES string of the molecule is O=C(O)N1CCN2[C@H](COS2=O)C1. The maximum Gasteiger partial charge on any atom is 0.407 e. The number of hydrogen-bond donors (Lipinski definition) is 1. The van der Waals surface area contributed by atoms with Gasteiger partial charge in [0.25, 0.3) is 0 Å². The predicted molar refractivity (Wildman–Crippen MR) is 44.2 cm³/mol.